The van der Waals surface area contributed by atoms with Crippen LogP contribution >= 0.6 is 0 Å². The number of hydrogen-bond donors (Lipinski definition) is 3. The molecular formula is C6H8N4O2. The van der Waals surface area contributed by atoms with E-state index in [1.54, 1.807) is 0 Å². The molecule has 0 bridgehead atoms. The highest BCUT2D eigenvalue weighted by Crippen LogP contribution is 2.03. The number of nitrogen functional groups attached to an aromatic ring is 2. The molecule has 1 aromatic heterocycles. The van der Waals surface area contributed by atoms with E-state index in [1.807, 2.05) is 4.98 Å². The van der Waals surface area contributed by atoms with Crippen LogP contribution in [0.5, 0.6) is 0 Å². The third-order valence-corrected chi connectivity index (χ3v) is 1.40. The summed E-state index contributed by atoms with van der Waals surface area (Å²) in [5.41, 5.74) is 9.07. The minimum atomic E-state index is -0.685. The normalized spacial score (nSPS) is 9.67. The molecule has 12 heavy (non-hydrogen) atoms. The average Bonchev–Trinajstić information content (AvgIpc) is 2.01. The first-order valence-electron chi connectivity index (χ1n) is 3.10. The quantitative estimate of drug-likeness (QED) is 0.489. The number of aromatic amines is 1. The maximum Gasteiger partial charge on any atom is 0.334 e. The fraction of sp³-hybridized carbons (Fsp3) is 0. The monoisotopic (exact) mass is 168 g/mol. The Hall–Kier alpha value is -1.98. The van der Waals surface area contributed by atoms with Crippen molar-refractivity contribution in [1.29, 1.82) is 0 Å². The van der Waals surface area contributed by atoms with Crippen LogP contribution < -0.4 is 22.7 Å². The van der Waals surface area contributed by atoms with Crippen LogP contribution in [-0.4, -0.2) is 9.55 Å². The summed E-state index contributed by atoms with van der Waals surface area (Å²) in [6.45, 7) is 3.33. The second kappa shape index (κ2) is 2.57. The first kappa shape index (κ1) is 8.12. The smallest absolute Gasteiger partial charge is 0.334 e. The molecule has 6 nitrogen and oxygen atoms in total. The minimum absolute atomic E-state index is 0.0984. The molecule has 0 saturated carbocycles. The lowest BCUT2D eigenvalue weighted by Gasteiger charge is -2.03. The van der Waals surface area contributed by atoms with Crippen molar-refractivity contribution in [2.45, 2.75) is 0 Å². The van der Waals surface area contributed by atoms with E-state index in [9.17, 15) is 9.59 Å². The van der Waals surface area contributed by atoms with Crippen LogP contribution in [0.4, 0.5) is 11.5 Å². The van der Waals surface area contributed by atoms with Crippen LogP contribution in [0.1, 0.15) is 0 Å². The maximum absolute atomic E-state index is 10.9. The van der Waals surface area contributed by atoms with E-state index >= 15 is 0 Å². The second-order valence-corrected chi connectivity index (χ2v) is 2.11. The lowest BCUT2D eigenvalue weighted by atomic mass is 10.5. The molecule has 6 heteroatoms. The van der Waals surface area contributed by atoms with Crippen LogP contribution in [0.2, 0.25) is 0 Å². The molecule has 0 aliphatic carbocycles. The average molecular weight is 168 g/mol. The molecule has 0 atom stereocenters. The zero-order valence-corrected chi connectivity index (χ0v) is 6.20. The fourth-order valence-electron chi connectivity index (χ4n) is 0.761. The van der Waals surface area contributed by atoms with Crippen molar-refractivity contribution in [2.75, 3.05) is 11.5 Å². The zero-order chi connectivity index (χ0) is 9.30. The van der Waals surface area contributed by atoms with Crippen molar-refractivity contribution in [3.8, 4) is 0 Å². The van der Waals surface area contributed by atoms with E-state index in [1.165, 1.54) is 6.20 Å². The molecule has 1 rings (SSSR count). The number of nitrogens with two attached hydrogens (primary N) is 2. The molecule has 5 N–H and O–H groups in total. The van der Waals surface area contributed by atoms with Gasteiger partial charge in [0.25, 0.3) is 5.56 Å². The van der Waals surface area contributed by atoms with E-state index in [4.69, 9.17) is 11.5 Å². The summed E-state index contributed by atoms with van der Waals surface area (Å²) in [6, 6.07) is 0. The first-order chi connectivity index (χ1) is 5.57. The predicted octanol–water partition coefficient (Wildman–Crippen LogP) is -1.20. The van der Waals surface area contributed by atoms with Gasteiger partial charge in [-0.05, 0) is 0 Å². The summed E-state index contributed by atoms with van der Waals surface area (Å²) in [5.74, 6) is -0.0984. The number of aromatic nitrogens is 2. The van der Waals surface area contributed by atoms with Gasteiger partial charge in [0, 0.05) is 6.20 Å². The third-order valence-electron chi connectivity index (χ3n) is 1.40. The molecule has 0 fully saturated rings. The predicted molar refractivity (Wildman–Crippen MR) is 46.5 cm³/mol. The van der Waals surface area contributed by atoms with Crippen LogP contribution in [0.15, 0.2) is 16.2 Å². The molecule has 0 aromatic carbocycles. The Morgan fingerprint density at radius 2 is 2.00 bits per heavy atom. The second-order valence-electron chi connectivity index (χ2n) is 2.11. The highest BCUT2D eigenvalue weighted by atomic mass is 16.2. The topological polar surface area (TPSA) is 107 Å². The molecule has 0 aliphatic heterocycles. The van der Waals surface area contributed by atoms with Gasteiger partial charge in [-0.25, -0.2) is 4.79 Å². The van der Waals surface area contributed by atoms with Crippen LogP contribution in [0.3, 0.4) is 0 Å². The Morgan fingerprint density at radius 1 is 1.42 bits per heavy atom. The number of nitrogens with zero attached hydrogens (tertiary/aromatic N) is 1. The summed E-state index contributed by atoms with van der Waals surface area (Å²) in [6.07, 6.45) is 1.17. The summed E-state index contributed by atoms with van der Waals surface area (Å²) in [7, 11) is 0. The Labute approximate surface area is 67.1 Å². The highest BCUT2D eigenvalue weighted by Gasteiger charge is 2.05. The van der Waals surface area contributed by atoms with E-state index in [0.717, 1.165) is 4.57 Å². The Morgan fingerprint density at radius 3 is 2.50 bits per heavy atom. The third kappa shape index (κ3) is 0.986. The van der Waals surface area contributed by atoms with Gasteiger partial charge in [-0.2, -0.15) is 0 Å². The number of H-pyrrole nitrogens is 1. The summed E-state index contributed by atoms with van der Waals surface area (Å²) in [5, 5.41) is 0. The zero-order valence-electron chi connectivity index (χ0n) is 6.20. The van der Waals surface area contributed by atoms with Gasteiger partial charge in [-0.1, -0.05) is 6.58 Å². The van der Waals surface area contributed by atoms with Crippen molar-refractivity contribution in [3.05, 3.63) is 27.4 Å². The summed E-state index contributed by atoms with van der Waals surface area (Å²) < 4.78 is 0.955. The van der Waals surface area contributed by atoms with Gasteiger partial charge in [0.15, 0.2) is 0 Å². The maximum atomic E-state index is 10.9. The van der Waals surface area contributed by atoms with Gasteiger partial charge >= 0.3 is 5.69 Å². The first-order valence-corrected chi connectivity index (χ1v) is 3.10. The number of rotatable bonds is 1. The molecule has 0 aliphatic rings. The summed E-state index contributed by atoms with van der Waals surface area (Å²) >= 11 is 0. The van der Waals surface area contributed by atoms with Crippen molar-refractivity contribution >= 4 is 17.7 Å². The van der Waals surface area contributed by atoms with Gasteiger partial charge in [0.1, 0.15) is 11.5 Å². The molecule has 1 aromatic rings. The van der Waals surface area contributed by atoms with Crippen molar-refractivity contribution in [2.24, 2.45) is 0 Å². The molecule has 64 valence electrons. The number of anilines is 2. The number of hydrogen-bond acceptors (Lipinski definition) is 4. The Kier molecular flexibility index (Phi) is 1.74. The molecular weight excluding hydrogens is 160 g/mol. The van der Waals surface area contributed by atoms with E-state index < -0.39 is 11.2 Å². The Bertz CT molecular complexity index is 428. The van der Waals surface area contributed by atoms with Gasteiger partial charge < -0.3 is 11.5 Å². The number of nitrogens with one attached hydrogen (secondary N) is 1. The molecule has 1 heterocycles. The van der Waals surface area contributed by atoms with Crippen molar-refractivity contribution in [3.63, 3.8) is 0 Å². The van der Waals surface area contributed by atoms with E-state index in [2.05, 4.69) is 6.58 Å². The van der Waals surface area contributed by atoms with Crippen molar-refractivity contribution in [1.82, 2.24) is 9.55 Å². The summed E-state index contributed by atoms with van der Waals surface area (Å²) in [4.78, 5) is 23.7. The Balaban J connectivity index is 3.74. The lowest BCUT2D eigenvalue weighted by molar-refractivity contribution is 0.956. The van der Waals surface area contributed by atoms with E-state index in [-0.39, 0.29) is 11.5 Å². The molecule has 0 radical (unpaired) electrons. The van der Waals surface area contributed by atoms with Crippen LogP contribution in [0, 0.1) is 0 Å². The van der Waals surface area contributed by atoms with Gasteiger partial charge in [-0.3, -0.25) is 14.3 Å². The van der Waals surface area contributed by atoms with Crippen molar-refractivity contribution < 1.29 is 0 Å². The van der Waals surface area contributed by atoms with E-state index in [0.29, 0.717) is 0 Å². The van der Waals surface area contributed by atoms with Gasteiger partial charge in [0.05, 0.1) is 0 Å². The highest BCUT2D eigenvalue weighted by molar-refractivity contribution is 5.59. The van der Waals surface area contributed by atoms with Gasteiger partial charge in [-0.15, -0.1) is 0 Å². The standard InChI is InChI=1S/C6H8N4O2/c1-2-10-4(8)3(7)5(11)9-6(10)12/h2H,1,7-8H2,(H,9,11,12). The minimum Gasteiger partial charge on any atom is -0.391 e. The SMILES string of the molecule is C=Cn1c(N)c(N)c(=O)[nH]c1=O. The van der Waals surface area contributed by atoms with Crippen LogP contribution in [0.25, 0.3) is 6.20 Å². The molecule has 0 amide bonds. The van der Waals surface area contributed by atoms with Crippen LogP contribution in [-0.2, 0) is 0 Å². The molecule has 0 spiro atoms. The molecule has 0 saturated heterocycles. The fourth-order valence-corrected chi connectivity index (χ4v) is 0.761. The molecule has 0 unspecified atom stereocenters. The lowest BCUT2D eigenvalue weighted by Crippen LogP contribution is -2.31. The largest absolute Gasteiger partial charge is 0.391 e. The van der Waals surface area contributed by atoms with Gasteiger partial charge in [0.2, 0.25) is 0 Å².